The molecule has 0 bridgehead atoms. The van der Waals surface area contributed by atoms with Crippen molar-refractivity contribution in [2.24, 2.45) is 22.2 Å². The molecule has 1 aromatic heterocycles. The second-order valence-electron chi connectivity index (χ2n) is 5.94. The van der Waals surface area contributed by atoms with Crippen molar-refractivity contribution in [2.75, 3.05) is 11.6 Å². The van der Waals surface area contributed by atoms with Crippen LogP contribution in [0, 0.1) is 11.3 Å². The predicted molar refractivity (Wildman–Crippen MR) is 78.2 cm³/mol. The van der Waals surface area contributed by atoms with E-state index in [1.807, 2.05) is 0 Å². The third kappa shape index (κ3) is 2.85. The smallest absolute Gasteiger partial charge is 0.257 e. The average molecular weight is 275 g/mol. The molecule has 2 N–H and O–H groups in total. The summed E-state index contributed by atoms with van der Waals surface area (Å²) < 4.78 is 0. The molecule has 6 heteroatoms. The third-order valence-electron chi connectivity index (χ3n) is 3.29. The molecule has 1 amide bonds. The van der Waals surface area contributed by atoms with Gasteiger partial charge < -0.3 is 5.73 Å². The molecule has 0 spiro atoms. The fourth-order valence-electron chi connectivity index (χ4n) is 2.32. The second-order valence-corrected chi connectivity index (χ2v) is 5.94. The molecule has 1 atom stereocenters. The number of carbonyl (C=O) groups excluding carboxylic acids is 1. The minimum atomic E-state index is -0.200. The first-order valence-corrected chi connectivity index (χ1v) is 6.84. The number of aromatic nitrogens is 2. The maximum Gasteiger partial charge on any atom is 0.257 e. The summed E-state index contributed by atoms with van der Waals surface area (Å²) in [5.74, 6) is 0.289. The number of anilines is 1. The molecule has 1 aliphatic heterocycles. The molecular formula is C14H21N5O. The van der Waals surface area contributed by atoms with Gasteiger partial charge in [0.15, 0.2) is 5.82 Å². The third-order valence-corrected chi connectivity index (χ3v) is 3.29. The van der Waals surface area contributed by atoms with Crippen LogP contribution in [-0.2, 0) is 4.79 Å². The molecule has 1 unspecified atom stereocenters. The molecule has 0 radical (unpaired) electrons. The Hall–Kier alpha value is -1.82. The zero-order valence-electron chi connectivity index (χ0n) is 12.2. The Morgan fingerprint density at radius 2 is 2.15 bits per heavy atom. The van der Waals surface area contributed by atoms with Crippen molar-refractivity contribution in [3.63, 3.8) is 0 Å². The Bertz CT molecular complexity index is 506. The van der Waals surface area contributed by atoms with Crippen LogP contribution in [0.4, 0.5) is 5.82 Å². The first kappa shape index (κ1) is 14.6. The second kappa shape index (κ2) is 5.66. The Labute approximate surface area is 119 Å². The van der Waals surface area contributed by atoms with E-state index in [4.69, 9.17) is 5.73 Å². The Morgan fingerprint density at radius 1 is 1.40 bits per heavy atom. The highest BCUT2D eigenvalue weighted by Crippen LogP contribution is 2.33. The average Bonchev–Trinajstić information content (AvgIpc) is 2.74. The van der Waals surface area contributed by atoms with Gasteiger partial charge in [-0.1, -0.05) is 20.8 Å². The van der Waals surface area contributed by atoms with Gasteiger partial charge in [0, 0.05) is 17.7 Å². The normalized spacial score (nSPS) is 19.4. The molecule has 0 aromatic carbocycles. The SMILES string of the molecule is CC(C)(C)C1=NN(c2ccncn2)C(=O)C1CCCN. The minimum absolute atomic E-state index is 0.0259. The number of hydrogen-bond acceptors (Lipinski definition) is 5. The van der Waals surface area contributed by atoms with Crippen molar-refractivity contribution in [2.45, 2.75) is 33.6 Å². The van der Waals surface area contributed by atoms with E-state index in [1.165, 1.54) is 11.3 Å². The molecule has 108 valence electrons. The lowest BCUT2D eigenvalue weighted by atomic mass is 9.80. The van der Waals surface area contributed by atoms with Crippen LogP contribution in [0.5, 0.6) is 0 Å². The number of nitrogens with zero attached hydrogens (tertiary/aromatic N) is 4. The van der Waals surface area contributed by atoms with Crippen LogP contribution < -0.4 is 10.7 Å². The fraction of sp³-hybridized carbons (Fsp3) is 0.571. The molecule has 0 saturated heterocycles. The van der Waals surface area contributed by atoms with Gasteiger partial charge in [0.2, 0.25) is 0 Å². The standard InChI is InChI=1S/C14H21N5O/c1-14(2,3)12-10(5-4-7-15)13(20)19(18-12)11-6-8-16-9-17-11/h6,8-10H,4-5,7,15H2,1-3H3. The zero-order valence-corrected chi connectivity index (χ0v) is 12.2. The summed E-state index contributed by atoms with van der Waals surface area (Å²) in [7, 11) is 0. The van der Waals surface area contributed by atoms with Crippen LogP contribution in [0.15, 0.2) is 23.7 Å². The van der Waals surface area contributed by atoms with Crippen molar-refractivity contribution in [1.82, 2.24) is 9.97 Å². The van der Waals surface area contributed by atoms with E-state index in [2.05, 4.69) is 35.8 Å². The number of rotatable bonds is 4. The van der Waals surface area contributed by atoms with Gasteiger partial charge in [0.1, 0.15) is 6.33 Å². The molecule has 20 heavy (non-hydrogen) atoms. The number of carbonyl (C=O) groups is 1. The van der Waals surface area contributed by atoms with Crippen molar-refractivity contribution in [3.05, 3.63) is 18.6 Å². The highest BCUT2D eigenvalue weighted by molar-refractivity contribution is 6.16. The molecule has 0 saturated carbocycles. The van der Waals surface area contributed by atoms with Gasteiger partial charge in [-0.25, -0.2) is 9.97 Å². The molecule has 1 aromatic rings. The number of hydrazone groups is 1. The van der Waals surface area contributed by atoms with Gasteiger partial charge in [-0.05, 0) is 19.4 Å². The number of hydrogen-bond donors (Lipinski definition) is 1. The predicted octanol–water partition coefficient (Wildman–Crippen LogP) is 1.58. The van der Waals surface area contributed by atoms with Crippen LogP contribution in [0.25, 0.3) is 0 Å². The lowest BCUT2D eigenvalue weighted by Gasteiger charge is -2.22. The molecule has 2 rings (SSSR count). The van der Waals surface area contributed by atoms with Crippen LogP contribution in [-0.4, -0.2) is 28.1 Å². The molecule has 0 aliphatic carbocycles. The first-order valence-electron chi connectivity index (χ1n) is 6.84. The fourth-order valence-corrected chi connectivity index (χ4v) is 2.32. The summed E-state index contributed by atoms with van der Waals surface area (Å²) in [4.78, 5) is 20.5. The van der Waals surface area contributed by atoms with E-state index < -0.39 is 0 Å². The lowest BCUT2D eigenvalue weighted by molar-refractivity contribution is -0.120. The minimum Gasteiger partial charge on any atom is -0.330 e. The van der Waals surface area contributed by atoms with E-state index in [-0.39, 0.29) is 17.2 Å². The van der Waals surface area contributed by atoms with E-state index in [0.29, 0.717) is 12.4 Å². The monoisotopic (exact) mass is 275 g/mol. The van der Waals surface area contributed by atoms with E-state index >= 15 is 0 Å². The van der Waals surface area contributed by atoms with Crippen molar-refractivity contribution in [1.29, 1.82) is 0 Å². The van der Waals surface area contributed by atoms with Gasteiger partial charge in [-0.3, -0.25) is 4.79 Å². The van der Waals surface area contributed by atoms with Gasteiger partial charge in [0.25, 0.3) is 5.91 Å². The van der Waals surface area contributed by atoms with Gasteiger partial charge in [-0.2, -0.15) is 10.1 Å². The summed E-state index contributed by atoms with van der Waals surface area (Å²) >= 11 is 0. The summed E-state index contributed by atoms with van der Waals surface area (Å²) in [5, 5.41) is 5.91. The molecule has 1 aliphatic rings. The zero-order chi connectivity index (χ0) is 14.8. The Morgan fingerprint density at radius 3 is 2.70 bits per heavy atom. The van der Waals surface area contributed by atoms with Crippen LogP contribution >= 0.6 is 0 Å². The molecular weight excluding hydrogens is 254 g/mol. The van der Waals surface area contributed by atoms with Gasteiger partial charge in [-0.15, -0.1) is 0 Å². The molecule has 2 heterocycles. The Kier molecular flexibility index (Phi) is 4.13. The van der Waals surface area contributed by atoms with Crippen molar-refractivity contribution >= 4 is 17.4 Å². The van der Waals surface area contributed by atoms with Gasteiger partial charge in [0.05, 0.1) is 11.6 Å². The van der Waals surface area contributed by atoms with Crippen LogP contribution in [0.1, 0.15) is 33.6 Å². The maximum absolute atomic E-state index is 12.6. The van der Waals surface area contributed by atoms with E-state index in [9.17, 15) is 4.79 Å². The number of amides is 1. The van der Waals surface area contributed by atoms with Crippen LogP contribution in [0.2, 0.25) is 0 Å². The molecule has 0 fully saturated rings. The van der Waals surface area contributed by atoms with E-state index in [0.717, 1.165) is 18.6 Å². The largest absolute Gasteiger partial charge is 0.330 e. The van der Waals surface area contributed by atoms with Crippen molar-refractivity contribution in [3.8, 4) is 0 Å². The maximum atomic E-state index is 12.6. The quantitative estimate of drug-likeness (QED) is 0.904. The van der Waals surface area contributed by atoms with Crippen molar-refractivity contribution < 1.29 is 4.79 Å². The van der Waals surface area contributed by atoms with E-state index in [1.54, 1.807) is 12.3 Å². The lowest BCUT2D eigenvalue weighted by Crippen LogP contribution is -2.32. The Balaban J connectivity index is 2.33. The highest BCUT2D eigenvalue weighted by Gasteiger charge is 2.41. The summed E-state index contributed by atoms with van der Waals surface area (Å²) in [6, 6.07) is 1.69. The highest BCUT2D eigenvalue weighted by atomic mass is 16.2. The number of nitrogens with two attached hydrogens (primary N) is 1. The molecule has 6 nitrogen and oxygen atoms in total. The first-order chi connectivity index (χ1) is 9.45. The summed E-state index contributed by atoms with van der Waals surface area (Å²) in [5.41, 5.74) is 6.31. The summed E-state index contributed by atoms with van der Waals surface area (Å²) in [6.45, 7) is 6.78. The van der Waals surface area contributed by atoms with Crippen LogP contribution in [0.3, 0.4) is 0 Å². The summed E-state index contributed by atoms with van der Waals surface area (Å²) in [6.07, 6.45) is 4.56. The topological polar surface area (TPSA) is 84.5 Å². The van der Waals surface area contributed by atoms with Gasteiger partial charge >= 0.3 is 0 Å².